The van der Waals surface area contributed by atoms with Crippen molar-refractivity contribution in [3.63, 3.8) is 0 Å². The SMILES string of the molecule is COc1ccc(OC)c(C(=O)N2CCc3sccc3C2C)c1. The summed E-state index contributed by atoms with van der Waals surface area (Å²) in [6, 6.07) is 7.52. The van der Waals surface area contributed by atoms with Gasteiger partial charge in [-0.3, -0.25) is 4.79 Å². The molecule has 1 aromatic heterocycles. The van der Waals surface area contributed by atoms with Gasteiger partial charge in [0, 0.05) is 11.4 Å². The molecule has 1 aromatic carbocycles. The monoisotopic (exact) mass is 317 g/mol. The normalized spacial score (nSPS) is 17.0. The first kappa shape index (κ1) is 14.9. The summed E-state index contributed by atoms with van der Waals surface area (Å²) in [7, 11) is 3.17. The van der Waals surface area contributed by atoms with Crippen LogP contribution in [0.2, 0.25) is 0 Å². The Labute approximate surface area is 134 Å². The average molecular weight is 317 g/mol. The Morgan fingerprint density at radius 2 is 2.09 bits per heavy atom. The second-order valence-electron chi connectivity index (χ2n) is 5.29. The maximum Gasteiger partial charge on any atom is 0.258 e. The highest BCUT2D eigenvalue weighted by atomic mass is 32.1. The smallest absolute Gasteiger partial charge is 0.258 e. The molecule has 0 fully saturated rings. The van der Waals surface area contributed by atoms with Gasteiger partial charge in [-0.2, -0.15) is 0 Å². The lowest BCUT2D eigenvalue weighted by atomic mass is 10.00. The van der Waals surface area contributed by atoms with Crippen LogP contribution in [0.25, 0.3) is 0 Å². The molecule has 4 nitrogen and oxygen atoms in total. The summed E-state index contributed by atoms with van der Waals surface area (Å²) in [6.07, 6.45) is 0.912. The van der Waals surface area contributed by atoms with E-state index < -0.39 is 0 Å². The number of methoxy groups -OCH3 is 2. The fraction of sp³-hybridized carbons (Fsp3) is 0.353. The minimum absolute atomic E-state index is 0.0138. The molecule has 0 N–H and O–H groups in total. The van der Waals surface area contributed by atoms with Crippen LogP contribution < -0.4 is 9.47 Å². The van der Waals surface area contributed by atoms with Crippen molar-refractivity contribution >= 4 is 17.2 Å². The summed E-state index contributed by atoms with van der Waals surface area (Å²) in [6.45, 7) is 2.81. The lowest BCUT2D eigenvalue weighted by molar-refractivity contribution is 0.0675. The third-order valence-electron chi connectivity index (χ3n) is 4.18. The summed E-state index contributed by atoms with van der Waals surface area (Å²) >= 11 is 1.77. The van der Waals surface area contributed by atoms with E-state index in [1.165, 1.54) is 10.4 Å². The Kier molecular flexibility index (Phi) is 4.07. The highest BCUT2D eigenvalue weighted by Gasteiger charge is 2.30. The average Bonchev–Trinajstić information content (AvgIpc) is 3.03. The van der Waals surface area contributed by atoms with Gasteiger partial charge in [-0.1, -0.05) is 0 Å². The number of carbonyl (C=O) groups is 1. The van der Waals surface area contributed by atoms with Crippen molar-refractivity contribution in [3.05, 3.63) is 45.6 Å². The van der Waals surface area contributed by atoms with E-state index in [4.69, 9.17) is 9.47 Å². The lowest BCUT2D eigenvalue weighted by Gasteiger charge is -2.34. The number of hydrogen-bond acceptors (Lipinski definition) is 4. The third-order valence-corrected chi connectivity index (χ3v) is 5.17. The van der Waals surface area contributed by atoms with Crippen LogP contribution in [0.1, 0.15) is 33.8 Å². The van der Waals surface area contributed by atoms with E-state index in [1.807, 2.05) is 4.90 Å². The molecule has 0 saturated heterocycles. The molecule has 2 heterocycles. The largest absolute Gasteiger partial charge is 0.497 e. The third kappa shape index (κ3) is 2.46. The quantitative estimate of drug-likeness (QED) is 0.869. The summed E-state index contributed by atoms with van der Waals surface area (Å²) in [5.74, 6) is 1.22. The van der Waals surface area contributed by atoms with Crippen LogP contribution in [-0.2, 0) is 6.42 Å². The number of ether oxygens (including phenoxy) is 2. The van der Waals surface area contributed by atoms with E-state index in [0.29, 0.717) is 17.1 Å². The first-order valence-corrected chi connectivity index (χ1v) is 8.13. The molecule has 0 bridgehead atoms. The lowest BCUT2D eigenvalue weighted by Crippen LogP contribution is -2.38. The predicted molar refractivity (Wildman–Crippen MR) is 87.0 cm³/mol. The molecule has 1 unspecified atom stereocenters. The van der Waals surface area contributed by atoms with Crippen molar-refractivity contribution < 1.29 is 14.3 Å². The molecule has 1 aliphatic rings. The number of benzene rings is 1. The van der Waals surface area contributed by atoms with Crippen LogP contribution in [0.5, 0.6) is 11.5 Å². The summed E-state index contributed by atoms with van der Waals surface area (Å²) in [5.41, 5.74) is 1.80. The van der Waals surface area contributed by atoms with Gasteiger partial charge in [-0.15, -0.1) is 11.3 Å². The Morgan fingerprint density at radius 3 is 2.82 bits per heavy atom. The van der Waals surface area contributed by atoms with Gasteiger partial charge in [0.15, 0.2) is 0 Å². The fourth-order valence-corrected chi connectivity index (χ4v) is 3.89. The Morgan fingerprint density at radius 1 is 1.27 bits per heavy atom. The zero-order chi connectivity index (χ0) is 15.7. The van der Waals surface area contributed by atoms with Crippen LogP contribution >= 0.6 is 11.3 Å². The Bertz CT molecular complexity index is 695. The minimum Gasteiger partial charge on any atom is -0.497 e. The molecule has 2 aromatic rings. The highest BCUT2D eigenvalue weighted by molar-refractivity contribution is 7.10. The number of amides is 1. The maximum absolute atomic E-state index is 13.0. The standard InChI is InChI=1S/C17H19NO3S/c1-11-13-7-9-22-16(13)6-8-18(11)17(19)14-10-12(20-2)4-5-15(14)21-3/h4-5,7,9-11H,6,8H2,1-3H3. The Balaban J connectivity index is 1.95. The molecule has 1 amide bonds. The van der Waals surface area contributed by atoms with Crippen molar-refractivity contribution in [2.75, 3.05) is 20.8 Å². The van der Waals surface area contributed by atoms with Crippen LogP contribution in [0.15, 0.2) is 29.6 Å². The van der Waals surface area contributed by atoms with E-state index in [1.54, 1.807) is 43.8 Å². The van der Waals surface area contributed by atoms with Gasteiger partial charge in [-0.25, -0.2) is 0 Å². The van der Waals surface area contributed by atoms with Crippen LogP contribution in [-0.4, -0.2) is 31.6 Å². The number of carbonyl (C=O) groups excluding carboxylic acids is 1. The molecule has 0 spiro atoms. The predicted octanol–water partition coefficient (Wildman–Crippen LogP) is 3.52. The molecule has 116 valence electrons. The molecule has 0 aliphatic carbocycles. The van der Waals surface area contributed by atoms with Gasteiger partial charge in [0.25, 0.3) is 5.91 Å². The summed E-state index contributed by atoms with van der Waals surface area (Å²) in [4.78, 5) is 16.3. The van der Waals surface area contributed by atoms with Gasteiger partial charge in [0.1, 0.15) is 11.5 Å². The van der Waals surface area contributed by atoms with Crippen LogP contribution in [0.3, 0.4) is 0 Å². The molecular formula is C17H19NO3S. The van der Waals surface area contributed by atoms with E-state index in [9.17, 15) is 4.79 Å². The summed E-state index contributed by atoms with van der Waals surface area (Å²) < 4.78 is 10.6. The number of hydrogen-bond donors (Lipinski definition) is 0. The van der Waals surface area contributed by atoms with E-state index in [0.717, 1.165) is 13.0 Å². The van der Waals surface area contributed by atoms with E-state index in [-0.39, 0.29) is 11.9 Å². The molecule has 0 saturated carbocycles. The first-order chi connectivity index (χ1) is 10.7. The number of thiophene rings is 1. The topological polar surface area (TPSA) is 38.8 Å². The second-order valence-corrected chi connectivity index (χ2v) is 6.29. The molecule has 1 aliphatic heterocycles. The van der Waals surface area contributed by atoms with Crippen molar-refractivity contribution in [2.45, 2.75) is 19.4 Å². The van der Waals surface area contributed by atoms with Crippen molar-refractivity contribution in [1.82, 2.24) is 4.90 Å². The Hall–Kier alpha value is -2.01. The molecule has 3 rings (SSSR count). The van der Waals surface area contributed by atoms with Gasteiger partial charge in [-0.05, 0) is 48.6 Å². The number of rotatable bonds is 3. The minimum atomic E-state index is -0.0138. The van der Waals surface area contributed by atoms with Crippen molar-refractivity contribution in [3.8, 4) is 11.5 Å². The van der Waals surface area contributed by atoms with Gasteiger partial charge < -0.3 is 14.4 Å². The molecular weight excluding hydrogens is 298 g/mol. The van der Waals surface area contributed by atoms with Crippen molar-refractivity contribution in [1.29, 1.82) is 0 Å². The maximum atomic E-state index is 13.0. The van der Waals surface area contributed by atoms with Gasteiger partial charge in [0.2, 0.25) is 0 Å². The molecule has 5 heteroatoms. The summed E-state index contributed by atoms with van der Waals surface area (Å²) in [5, 5.41) is 2.10. The molecule has 22 heavy (non-hydrogen) atoms. The zero-order valence-electron chi connectivity index (χ0n) is 13.0. The number of fused-ring (bicyclic) bond motifs is 1. The van der Waals surface area contributed by atoms with E-state index >= 15 is 0 Å². The number of nitrogens with zero attached hydrogens (tertiary/aromatic N) is 1. The molecule has 0 radical (unpaired) electrons. The second kappa shape index (κ2) is 6.01. The van der Waals surface area contributed by atoms with Gasteiger partial charge in [0.05, 0.1) is 25.8 Å². The van der Waals surface area contributed by atoms with Crippen molar-refractivity contribution in [2.24, 2.45) is 0 Å². The highest BCUT2D eigenvalue weighted by Crippen LogP contribution is 2.35. The fourth-order valence-electron chi connectivity index (χ4n) is 2.92. The van der Waals surface area contributed by atoms with Gasteiger partial charge >= 0.3 is 0 Å². The first-order valence-electron chi connectivity index (χ1n) is 7.25. The van der Waals surface area contributed by atoms with E-state index in [2.05, 4.69) is 18.4 Å². The van der Waals surface area contributed by atoms with Crippen LogP contribution in [0, 0.1) is 0 Å². The molecule has 1 atom stereocenters. The van der Waals surface area contributed by atoms with Crippen LogP contribution in [0.4, 0.5) is 0 Å². The zero-order valence-corrected chi connectivity index (χ0v) is 13.8.